The third-order valence-electron chi connectivity index (χ3n) is 20.3. The lowest BCUT2D eigenvalue weighted by molar-refractivity contribution is -0.137. The summed E-state index contributed by atoms with van der Waals surface area (Å²) in [6.07, 6.45) is 0.122. The topological polar surface area (TPSA) is 175 Å². The second-order valence-electron chi connectivity index (χ2n) is 29.0. The van der Waals surface area contributed by atoms with Gasteiger partial charge in [-0.3, -0.25) is 24.3 Å². The molecule has 8 heterocycles. The van der Waals surface area contributed by atoms with Crippen LogP contribution in [0.3, 0.4) is 0 Å². The smallest absolute Gasteiger partial charge is 0.416 e. The van der Waals surface area contributed by atoms with Crippen LogP contribution in [0.2, 0.25) is 0 Å². The van der Waals surface area contributed by atoms with Gasteiger partial charge >= 0.3 is 6.18 Å². The molecule has 3 aromatic heterocycles. The normalized spacial score (nSPS) is 13.9. The van der Waals surface area contributed by atoms with Gasteiger partial charge in [0.1, 0.15) is 44.5 Å². The molecule has 0 unspecified atom stereocenters. The molecule has 20 nitrogen and oxygen atoms in total. The highest BCUT2D eigenvalue weighted by Gasteiger charge is 2.32. The first kappa shape index (κ1) is 81.7. The van der Waals surface area contributed by atoms with Gasteiger partial charge in [0.2, 0.25) is 20.4 Å². The Labute approximate surface area is 686 Å². The van der Waals surface area contributed by atoms with Gasteiger partial charge in [-0.2, -0.15) is 13.2 Å². The van der Waals surface area contributed by atoms with Crippen LogP contribution in [0.1, 0.15) is 124 Å². The summed E-state index contributed by atoms with van der Waals surface area (Å²) in [6, 6.07) is 58.5. The molecule has 0 spiro atoms. The summed E-state index contributed by atoms with van der Waals surface area (Å²) in [5, 5.41) is 8.54. The monoisotopic (exact) mass is 1630 g/mol. The number of benzene rings is 8. The molecule has 0 aliphatic carbocycles. The van der Waals surface area contributed by atoms with Gasteiger partial charge in [-0.15, -0.1) is 34.0 Å². The average molecular weight is 1630 g/mol. The van der Waals surface area contributed by atoms with Crippen molar-refractivity contribution >= 4 is 57.1 Å². The van der Waals surface area contributed by atoms with E-state index in [0.29, 0.717) is 107 Å². The highest BCUT2D eigenvalue weighted by molar-refractivity contribution is 7.10. The van der Waals surface area contributed by atoms with Gasteiger partial charge in [-0.05, 0) is 150 Å². The second kappa shape index (κ2) is 39.7. The molecule has 5 aliphatic heterocycles. The Bertz CT molecular complexity index is 5060. The van der Waals surface area contributed by atoms with E-state index in [1.165, 1.54) is 40.2 Å². The zero-order valence-electron chi connectivity index (χ0n) is 65.3. The number of likely N-dealkylation sites (tertiary alicyclic amines) is 1. The number of unbranched alkanes of at least 4 members (excludes halogenated alkanes) is 1. The van der Waals surface area contributed by atoms with Crippen molar-refractivity contribution < 1.29 is 65.4 Å². The maximum Gasteiger partial charge on any atom is 0.416 e. The number of hydrogen-bond donors (Lipinski definition) is 0. The van der Waals surface area contributed by atoms with Gasteiger partial charge < -0.3 is 57.3 Å². The predicted octanol–water partition coefficient (Wildman–Crippen LogP) is 18.2. The number of fused-ring (bicyclic) bond motifs is 3. The van der Waals surface area contributed by atoms with Crippen LogP contribution in [0.15, 0.2) is 205 Å². The number of nitrogens with zero attached hydrogens (tertiary/aromatic N) is 9. The number of aryl methyl sites for hydroxylation is 1. The van der Waals surface area contributed by atoms with Crippen molar-refractivity contribution in [3.05, 3.63) is 287 Å². The van der Waals surface area contributed by atoms with E-state index < -0.39 is 11.7 Å². The van der Waals surface area contributed by atoms with Crippen LogP contribution in [0.5, 0.6) is 46.0 Å². The predicted molar refractivity (Wildman–Crippen MR) is 444 cm³/mol. The molecular formula is C90H94F3N9O11S3. The summed E-state index contributed by atoms with van der Waals surface area (Å²) in [5.74, 6) is 6.26. The van der Waals surface area contributed by atoms with Crippen molar-refractivity contribution in [3.8, 4) is 46.0 Å². The van der Waals surface area contributed by atoms with Crippen molar-refractivity contribution in [1.29, 1.82) is 0 Å². The van der Waals surface area contributed by atoms with Crippen molar-refractivity contribution in [1.82, 2.24) is 39.5 Å². The summed E-state index contributed by atoms with van der Waals surface area (Å²) in [4.78, 5) is 53.5. The lowest BCUT2D eigenvalue weighted by Gasteiger charge is -2.35. The average Bonchev–Trinajstić information content (AvgIpc) is 1.56. The molecule has 26 heteroatoms. The van der Waals surface area contributed by atoms with Crippen LogP contribution in [0, 0.1) is 6.92 Å². The lowest BCUT2D eigenvalue weighted by Crippen LogP contribution is -2.48. The molecule has 116 heavy (non-hydrogen) atoms. The molecule has 16 rings (SSSR count). The molecule has 2 saturated heterocycles. The standard InChI is InChI=1S/C32H34N4O4S.C32H34N2O5S.C26H26F3N3O2S/c1-23-3-5-24(6-4-23)18-34(19-25-7-12-29-30(17-25)40-22-39-29)20-31-33-28(21-41-31)32(37)36-15-13-35(14-16-36)26-8-10-27(38-2)11-9-26;1-36-16-6-5-9-29(35)28-22-40-32(33-28)20-34(19-26-12-15-30-31(17-26)39-23-38-30)18-24-10-13-27(14-11-24)37-21-25-7-3-2-4-8-25;1-18(32-9-2-3-10-32)22-16-35-25(30-22)15-31(13-19-5-4-6-21(11-19)26(27,28)29)14-20-7-8-23-24(12-20)34-17-33-23/h3-12,17,21H,13-16,18-20,22H2,1-2H3;2-4,7-8,10-15,17,22H,5-6,9,16,18-21,23H2,1H3;4-8,11-12,16H,1-3,9-10,13-15,17H2. The molecule has 8 aromatic carbocycles. The Morgan fingerprint density at radius 1 is 0.466 bits per heavy atom. The number of hydrogen-bond acceptors (Lipinski definition) is 22. The maximum absolute atomic E-state index is 13.3. The molecule has 5 aliphatic rings. The van der Waals surface area contributed by atoms with Crippen LogP contribution in [-0.4, -0.2) is 132 Å². The van der Waals surface area contributed by atoms with Crippen LogP contribution >= 0.6 is 34.0 Å². The lowest BCUT2D eigenvalue weighted by atomic mass is 10.1. The minimum absolute atomic E-state index is 0.00253. The van der Waals surface area contributed by atoms with Crippen LogP contribution in [-0.2, 0) is 76.4 Å². The molecule has 0 bridgehead atoms. The summed E-state index contributed by atoms with van der Waals surface area (Å²) in [6.45, 7) is 18.7. The maximum atomic E-state index is 13.3. The first-order valence-electron chi connectivity index (χ1n) is 38.8. The molecular weight excluding hydrogens is 1540 g/mol. The van der Waals surface area contributed by atoms with Crippen LogP contribution in [0.4, 0.5) is 18.9 Å². The Kier molecular flexibility index (Phi) is 27.9. The molecule has 0 saturated carbocycles. The quantitative estimate of drug-likeness (QED) is 0.0287. The van der Waals surface area contributed by atoms with Gasteiger partial charge in [0.05, 0.1) is 43.7 Å². The zero-order chi connectivity index (χ0) is 80.2. The van der Waals surface area contributed by atoms with E-state index in [-0.39, 0.29) is 32.1 Å². The summed E-state index contributed by atoms with van der Waals surface area (Å²) >= 11 is 4.63. The van der Waals surface area contributed by atoms with Gasteiger partial charge in [0.25, 0.3) is 5.91 Å². The van der Waals surface area contributed by atoms with E-state index in [9.17, 15) is 22.8 Å². The molecule has 1 amide bonds. The summed E-state index contributed by atoms with van der Waals surface area (Å²) in [7, 11) is 3.35. The Hall–Kier alpha value is -10.8. The number of carbonyl (C=O) groups excluding carboxylic acids is 2. The van der Waals surface area contributed by atoms with Crippen LogP contribution < -0.4 is 42.8 Å². The first-order chi connectivity index (χ1) is 56.5. The number of carbonyl (C=O) groups is 2. The van der Waals surface area contributed by atoms with E-state index in [1.54, 1.807) is 43.0 Å². The molecule has 11 aromatic rings. The van der Waals surface area contributed by atoms with E-state index in [1.807, 2.05) is 106 Å². The van der Waals surface area contributed by atoms with Gasteiger partial charge in [-0.1, -0.05) is 115 Å². The minimum atomic E-state index is -4.38. The largest absolute Gasteiger partial charge is 0.497 e. The number of halogens is 3. The van der Waals surface area contributed by atoms with Crippen molar-refractivity contribution in [2.75, 3.05) is 85.4 Å². The second-order valence-corrected chi connectivity index (χ2v) is 31.8. The number of rotatable bonds is 32. The number of methoxy groups -OCH3 is 2. The number of alkyl halides is 3. The highest BCUT2D eigenvalue weighted by Crippen LogP contribution is 2.38. The first-order valence-corrected chi connectivity index (χ1v) is 41.5. The van der Waals surface area contributed by atoms with E-state index in [2.05, 4.69) is 116 Å². The number of ketones is 1. The Balaban J connectivity index is 0.000000144. The van der Waals surface area contributed by atoms with Gasteiger partial charge in [0, 0.05) is 121 Å². The number of anilines is 1. The molecule has 0 atom stereocenters. The van der Waals surface area contributed by atoms with Crippen molar-refractivity contribution in [3.63, 3.8) is 0 Å². The fraction of sp³-hybridized carbons (Fsp3) is 0.322. The summed E-state index contributed by atoms with van der Waals surface area (Å²) in [5.41, 5.74) is 12.0. The fourth-order valence-electron chi connectivity index (χ4n) is 14.2. The molecule has 604 valence electrons. The van der Waals surface area contributed by atoms with Crippen molar-refractivity contribution in [2.24, 2.45) is 0 Å². The minimum Gasteiger partial charge on any atom is -0.497 e. The Morgan fingerprint density at radius 2 is 0.922 bits per heavy atom. The zero-order valence-corrected chi connectivity index (χ0v) is 67.8. The van der Waals surface area contributed by atoms with Gasteiger partial charge in [0.15, 0.2) is 40.3 Å². The van der Waals surface area contributed by atoms with Crippen LogP contribution in [0.25, 0.3) is 5.70 Å². The molecule has 0 N–H and O–H groups in total. The van der Waals surface area contributed by atoms with Crippen molar-refractivity contribution in [2.45, 2.75) is 111 Å². The number of piperazine rings is 1. The fourth-order valence-corrected chi connectivity index (χ4v) is 16.7. The number of thiazole rings is 3. The third kappa shape index (κ3) is 22.8. The number of ether oxygens (including phenoxy) is 9. The van der Waals surface area contributed by atoms with Gasteiger partial charge in [-0.25, -0.2) is 15.0 Å². The van der Waals surface area contributed by atoms with E-state index in [0.717, 1.165) is 160 Å². The molecule has 2 fully saturated rings. The third-order valence-corrected chi connectivity index (χ3v) is 22.8. The number of Topliss-reactive ketones (excluding diaryl/α,β-unsaturated/α-hetero) is 1. The molecule has 0 radical (unpaired) electrons. The Morgan fingerprint density at radius 3 is 1.45 bits per heavy atom. The highest BCUT2D eigenvalue weighted by atomic mass is 32.1. The number of aromatic nitrogens is 3. The summed E-state index contributed by atoms with van der Waals surface area (Å²) < 4.78 is 89.2. The SMILES string of the molecule is C=C(c1csc(CN(Cc2cccc(C(F)(F)F)c2)Cc2ccc3c(c2)OCO3)n1)N1CCCC1.COCCCCC(=O)c1csc(CN(Cc2ccc(OCc3ccccc3)cc2)Cc2ccc3c(c2)OCO3)n1.COc1ccc(N2CCN(C(=O)c3csc(CN(Cc4ccc(C)cc4)Cc4ccc5c(c4)OCO5)n3)CC2)cc1. The van der Waals surface area contributed by atoms with E-state index in [4.69, 9.17) is 52.6 Å². The number of amides is 1. The van der Waals surface area contributed by atoms with E-state index >= 15 is 0 Å².